The molecule has 2 aromatic carbocycles. The van der Waals surface area contributed by atoms with Gasteiger partial charge in [-0.2, -0.15) is 0 Å². The van der Waals surface area contributed by atoms with Crippen molar-refractivity contribution < 1.29 is 8.78 Å². The van der Waals surface area contributed by atoms with Crippen LogP contribution in [-0.2, 0) is 6.54 Å². The maximum atomic E-state index is 13.6. The van der Waals surface area contributed by atoms with Gasteiger partial charge < -0.3 is 10.3 Å². The Balaban J connectivity index is 2.04. The Bertz CT molecular complexity index is 747. The lowest BCUT2D eigenvalue weighted by Crippen LogP contribution is -2.01. The van der Waals surface area contributed by atoms with Crippen LogP contribution in [0.5, 0.6) is 0 Å². The first-order valence-corrected chi connectivity index (χ1v) is 5.92. The molecule has 1 heterocycles. The Morgan fingerprint density at radius 2 is 1.89 bits per heavy atom. The van der Waals surface area contributed by atoms with E-state index in [1.54, 1.807) is 0 Å². The molecule has 0 aliphatic rings. The monoisotopic (exact) mass is 258 g/mol. The number of fused-ring (bicyclic) bond motifs is 1. The largest absolute Gasteiger partial charge is 0.398 e. The highest BCUT2D eigenvalue weighted by molar-refractivity contribution is 5.91. The van der Waals surface area contributed by atoms with Gasteiger partial charge in [-0.15, -0.1) is 0 Å². The first kappa shape index (κ1) is 11.7. The molecule has 2 nitrogen and oxygen atoms in total. The third-order valence-corrected chi connectivity index (χ3v) is 3.20. The Morgan fingerprint density at radius 1 is 1.05 bits per heavy atom. The molecule has 0 atom stereocenters. The summed E-state index contributed by atoms with van der Waals surface area (Å²) in [6, 6.07) is 11.1. The lowest BCUT2D eigenvalue weighted by Gasteiger charge is -2.07. The Morgan fingerprint density at radius 3 is 2.68 bits per heavy atom. The molecule has 2 N–H and O–H groups in total. The fourth-order valence-electron chi connectivity index (χ4n) is 2.22. The van der Waals surface area contributed by atoms with Gasteiger partial charge in [-0.1, -0.05) is 12.1 Å². The molecular formula is C15H12F2N2. The lowest BCUT2D eigenvalue weighted by atomic mass is 10.2. The Hall–Kier alpha value is -2.36. The summed E-state index contributed by atoms with van der Waals surface area (Å²) < 4.78 is 28.4. The zero-order valence-electron chi connectivity index (χ0n) is 10.1. The van der Waals surface area contributed by atoms with Crippen LogP contribution in [0.15, 0.2) is 48.7 Å². The van der Waals surface area contributed by atoms with Gasteiger partial charge in [0.15, 0.2) is 0 Å². The van der Waals surface area contributed by atoms with Crippen LogP contribution in [0.4, 0.5) is 14.5 Å². The van der Waals surface area contributed by atoms with Crippen molar-refractivity contribution in [1.29, 1.82) is 0 Å². The summed E-state index contributed by atoms with van der Waals surface area (Å²) in [6.45, 7) is 0.346. The van der Waals surface area contributed by atoms with Crippen LogP contribution in [0, 0.1) is 11.6 Å². The molecule has 3 rings (SSSR count). The maximum Gasteiger partial charge on any atom is 0.131 e. The van der Waals surface area contributed by atoms with Gasteiger partial charge in [-0.25, -0.2) is 8.78 Å². The van der Waals surface area contributed by atoms with Crippen LogP contribution in [0.3, 0.4) is 0 Å². The molecule has 3 aromatic rings. The SMILES string of the molecule is Nc1cccc2c1ccn2Cc1ccc(F)cc1F. The number of hydrogen-bond acceptors (Lipinski definition) is 1. The van der Waals surface area contributed by atoms with Crippen molar-refractivity contribution in [3.63, 3.8) is 0 Å². The number of anilines is 1. The van der Waals surface area contributed by atoms with Gasteiger partial charge in [-0.05, 0) is 24.3 Å². The quantitative estimate of drug-likeness (QED) is 0.700. The third-order valence-electron chi connectivity index (χ3n) is 3.20. The number of nitrogens with zero attached hydrogens (tertiary/aromatic N) is 1. The molecule has 0 amide bonds. The van der Waals surface area contributed by atoms with E-state index >= 15 is 0 Å². The summed E-state index contributed by atoms with van der Waals surface area (Å²) in [5, 5.41) is 0.935. The minimum Gasteiger partial charge on any atom is -0.398 e. The molecule has 19 heavy (non-hydrogen) atoms. The van der Waals surface area contributed by atoms with Crippen molar-refractivity contribution in [2.75, 3.05) is 5.73 Å². The van der Waals surface area contributed by atoms with Gasteiger partial charge in [0.25, 0.3) is 0 Å². The van der Waals surface area contributed by atoms with E-state index in [9.17, 15) is 8.78 Å². The molecule has 0 spiro atoms. The normalized spacial score (nSPS) is 11.1. The smallest absolute Gasteiger partial charge is 0.131 e. The second-order valence-corrected chi connectivity index (χ2v) is 4.46. The third kappa shape index (κ3) is 2.05. The lowest BCUT2D eigenvalue weighted by molar-refractivity contribution is 0.567. The average molecular weight is 258 g/mol. The standard InChI is InChI=1S/C15H12F2N2/c16-11-5-4-10(13(17)8-11)9-19-7-6-12-14(18)2-1-3-15(12)19/h1-8H,9,18H2. The fraction of sp³-hybridized carbons (Fsp3) is 0.0667. The second-order valence-electron chi connectivity index (χ2n) is 4.46. The number of halogens is 2. The molecule has 96 valence electrons. The van der Waals surface area contributed by atoms with Crippen LogP contribution in [-0.4, -0.2) is 4.57 Å². The number of hydrogen-bond donors (Lipinski definition) is 1. The number of benzene rings is 2. The summed E-state index contributed by atoms with van der Waals surface area (Å²) in [4.78, 5) is 0. The molecule has 0 bridgehead atoms. The highest BCUT2D eigenvalue weighted by Crippen LogP contribution is 2.23. The van der Waals surface area contributed by atoms with Crippen LogP contribution >= 0.6 is 0 Å². The van der Waals surface area contributed by atoms with E-state index in [2.05, 4.69) is 0 Å². The van der Waals surface area contributed by atoms with E-state index < -0.39 is 11.6 Å². The van der Waals surface area contributed by atoms with E-state index in [4.69, 9.17) is 5.73 Å². The van der Waals surface area contributed by atoms with Crippen LogP contribution in [0.25, 0.3) is 10.9 Å². The molecule has 0 aliphatic carbocycles. The van der Waals surface area contributed by atoms with Crippen LogP contribution in [0.1, 0.15) is 5.56 Å². The second kappa shape index (κ2) is 4.39. The van der Waals surface area contributed by atoms with Gasteiger partial charge in [0.05, 0.1) is 12.1 Å². The molecule has 0 radical (unpaired) electrons. The van der Waals surface area contributed by atoms with Crippen LogP contribution < -0.4 is 5.73 Å². The van der Waals surface area contributed by atoms with Gasteiger partial charge >= 0.3 is 0 Å². The molecule has 4 heteroatoms. The van der Waals surface area contributed by atoms with E-state index in [-0.39, 0.29) is 0 Å². The predicted octanol–water partition coefficient (Wildman–Crippen LogP) is 3.55. The highest BCUT2D eigenvalue weighted by Gasteiger charge is 2.07. The summed E-state index contributed by atoms with van der Waals surface area (Å²) in [5.74, 6) is -1.10. The van der Waals surface area contributed by atoms with E-state index in [1.165, 1.54) is 12.1 Å². The zero-order valence-corrected chi connectivity index (χ0v) is 10.1. The molecule has 0 saturated carbocycles. The van der Waals surface area contributed by atoms with E-state index in [0.717, 1.165) is 17.0 Å². The molecule has 0 saturated heterocycles. The predicted molar refractivity (Wildman–Crippen MR) is 71.8 cm³/mol. The Kier molecular flexibility index (Phi) is 2.71. The van der Waals surface area contributed by atoms with Crippen molar-refractivity contribution in [3.05, 3.63) is 65.9 Å². The van der Waals surface area contributed by atoms with Crippen molar-refractivity contribution in [3.8, 4) is 0 Å². The maximum absolute atomic E-state index is 13.6. The van der Waals surface area contributed by atoms with Gasteiger partial charge in [0.1, 0.15) is 11.6 Å². The number of aromatic nitrogens is 1. The number of nitrogens with two attached hydrogens (primary N) is 1. The van der Waals surface area contributed by atoms with Crippen molar-refractivity contribution in [1.82, 2.24) is 4.57 Å². The van der Waals surface area contributed by atoms with Gasteiger partial charge in [-0.3, -0.25) is 0 Å². The topological polar surface area (TPSA) is 30.9 Å². The first-order chi connectivity index (χ1) is 9.15. The minimum atomic E-state index is -0.567. The van der Waals surface area contributed by atoms with Crippen LogP contribution in [0.2, 0.25) is 0 Å². The van der Waals surface area contributed by atoms with E-state index in [0.29, 0.717) is 17.8 Å². The number of nitrogen functional groups attached to an aromatic ring is 1. The Labute approximate surface area is 109 Å². The van der Waals surface area contributed by atoms with Gasteiger partial charge in [0.2, 0.25) is 0 Å². The van der Waals surface area contributed by atoms with E-state index in [1.807, 2.05) is 35.0 Å². The molecule has 0 fully saturated rings. The molecule has 0 unspecified atom stereocenters. The molecule has 0 aliphatic heterocycles. The fourth-order valence-corrected chi connectivity index (χ4v) is 2.22. The number of rotatable bonds is 2. The average Bonchev–Trinajstić information content (AvgIpc) is 2.78. The zero-order chi connectivity index (χ0) is 13.4. The van der Waals surface area contributed by atoms with Crippen molar-refractivity contribution >= 4 is 16.6 Å². The first-order valence-electron chi connectivity index (χ1n) is 5.92. The van der Waals surface area contributed by atoms with Crippen molar-refractivity contribution in [2.24, 2.45) is 0 Å². The summed E-state index contributed by atoms with van der Waals surface area (Å²) in [7, 11) is 0. The highest BCUT2D eigenvalue weighted by atomic mass is 19.1. The van der Waals surface area contributed by atoms with Crippen molar-refractivity contribution in [2.45, 2.75) is 6.54 Å². The molecular weight excluding hydrogens is 246 g/mol. The summed E-state index contributed by atoms with van der Waals surface area (Å²) in [5.41, 5.74) is 7.95. The summed E-state index contributed by atoms with van der Waals surface area (Å²) in [6.07, 6.45) is 1.85. The summed E-state index contributed by atoms with van der Waals surface area (Å²) >= 11 is 0. The van der Waals surface area contributed by atoms with Gasteiger partial charge in [0, 0.05) is 28.9 Å². The molecule has 1 aromatic heterocycles. The minimum absolute atomic E-state index is 0.346.